The number of nitrogens with two attached hydrogens (primary N) is 1. The molecule has 25 heavy (non-hydrogen) atoms. The van der Waals surface area contributed by atoms with Crippen molar-refractivity contribution in [2.45, 2.75) is 24.7 Å². The predicted molar refractivity (Wildman–Crippen MR) is 75.9 cm³/mol. The van der Waals surface area contributed by atoms with E-state index in [1.54, 1.807) is 0 Å². The molecule has 2 rings (SSSR count). The van der Waals surface area contributed by atoms with Crippen LogP contribution in [-0.2, 0) is 14.4 Å². The van der Waals surface area contributed by atoms with E-state index in [1.807, 2.05) is 0 Å². The third kappa shape index (κ3) is 5.10. The first kappa shape index (κ1) is 19.5. The molecule has 1 unspecified atom stereocenters. The first-order chi connectivity index (χ1) is 11.6. The summed E-state index contributed by atoms with van der Waals surface area (Å²) in [5.74, 6) is -4.25. The van der Waals surface area contributed by atoms with Crippen molar-refractivity contribution in [1.82, 2.24) is 5.06 Å². The number of rotatable bonds is 5. The van der Waals surface area contributed by atoms with Crippen molar-refractivity contribution in [3.8, 4) is 0 Å². The maximum absolute atomic E-state index is 13.3. The molecular weight excluding hydrogens is 351 g/mol. The molecule has 1 heterocycles. The SMILES string of the molecule is COC(C[C@@H]1CN(OC(=O)C(F)(F)F)C[C@H]1N)c1cc(F)cc(F)c1. The topological polar surface area (TPSA) is 64.8 Å². The van der Waals surface area contributed by atoms with Crippen molar-refractivity contribution >= 4 is 5.97 Å². The summed E-state index contributed by atoms with van der Waals surface area (Å²) >= 11 is 0. The summed E-state index contributed by atoms with van der Waals surface area (Å²) in [5.41, 5.74) is 6.13. The van der Waals surface area contributed by atoms with Gasteiger partial charge in [0.05, 0.1) is 12.6 Å². The second-order valence-corrected chi connectivity index (χ2v) is 5.81. The first-order valence-corrected chi connectivity index (χ1v) is 7.38. The number of carbonyl (C=O) groups excluding carboxylic acids is 1. The van der Waals surface area contributed by atoms with Crippen LogP contribution in [0.1, 0.15) is 18.1 Å². The van der Waals surface area contributed by atoms with Gasteiger partial charge in [0, 0.05) is 25.8 Å². The molecule has 0 saturated carbocycles. The van der Waals surface area contributed by atoms with Gasteiger partial charge >= 0.3 is 12.1 Å². The number of halogens is 5. The Hall–Kier alpha value is -1.78. The van der Waals surface area contributed by atoms with Gasteiger partial charge in [0.2, 0.25) is 0 Å². The van der Waals surface area contributed by atoms with Gasteiger partial charge in [0.25, 0.3) is 0 Å². The van der Waals surface area contributed by atoms with Crippen LogP contribution in [-0.4, -0.2) is 43.4 Å². The van der Waals surface area contributed by atoms with E-state index in [0.717, 1.165) is 23.3 Å². The van der Waals surface area contributed by atoms with Crippen molar-refractivity contribution in [2.75, 3.05) is 20.2 Å². The van der Waals surface area contributed by atoms with E-state index in [9.17, 15) is 26.7 Å². The summed E-state index contributed by atoms with van der Waals surface area (Å²) in [6.45, 7) is -0.124. The highest BCUT2D eigenvalue weighted by atomic mass is 19.4. The second-order valence-electron chi connectivity index (χ2n) is 5.81. The standard InChI is InChI=1S/C15H17F5N2O3/c1-24-13(8-2-10(16)5-11(17)3-8)4-9-6-22(7-12(9)21)25-14(23)15(18,19)20/h2-3,5,9,12-13H,4,6-7,21H2,1H3/t9-,12-,13?/m1/s1. The van der Waals surface area contributed by atoms with Crippen LogP contribution in [0.25, 0.3) is 0 Å². The molecule has 0 spiro atoms. The van der Waals surface area contributed by atoms with E-state index in [4.69, 9.17) is 10.5 Å². The van der Waals surface area contributed by atoms with E-state index < -0.39 is 41.8 Å². The maximum Gasteiger partial charge on any atom is 0.492 e. The highest BCUT2D eigenvalue weighted by molar-refractivity contribution is 5.75. The minimum Gasteiger partial charge on any atom is -0.377 e. The molecule has 10 heteroatoms. The second kappa shape index (κ2) is 7.63. The molecule has 1 aliphatic rings. The lowest BCUT2D eigenvalue weighted by atomic mass is 9.93. The summed E-state index contributed by atoms with van der Waals surface area (Å²) in [6, 6.07) is 2.35. The van der Waals surface area contributed by atoms with Gasteiger partial charge in [-0.25, -0.2) is 13.6 Å². The minimum absolute atomic E-state index is 0.0410. The molecule has 5 nitrogen and oxygen atoms in total. The number of hydrogen-bond donors (Lipinski definition) is 1. The molecule has 0 bridgehead atoms. The maximum atomic E-state index is 13.3. The Bertz CT molecular complexity index is 605. The van der Waals surface area contributed by atoms with Crippen LogP contribution in [0.2, 0.25) is 0 Å². The van der Waals surface area contributed by atoms with Crippen LogP contribution < -0.4 is 5.73 Å². The fourth-order valence-electron chi connectivity index (χ4n) is 2.75. The van der Waals surface area contributed by atoms with Crippen LogP contribution in [0, 0.1) is 17.6 Å². The monoisotopic (exact) mass is 368 g/mol. The van der Waals surface area contributed by atoms with Gasteiger partial charge < -0.3 is 15.3 Å². The van der Waals surface area contributed by atoms with Crippen LogP contribution in [0.15, 0.2) is 18.2 Å². The molecule has 2 N–H and O–H groups in total. The smallest absolute Gasteiger partial charge is 0.377 e. The number of alkyl halides is 3. The Morgan fingerprint density at radius 2 is 1.88 bits per heavy atom. The van der Waals surface area contributed by atoms with Gasteiger partial charge in [-0.3, -0.25) is 0 Å². The molecule has 1 aromatic rings. The summed E-state index contributed by atoms with van der Waals surface area (Å²) in [5, 5.41) is 0.837. The molecular formula is C15H17F5N2O3. The Kier molecular flexibility index (Phi) is 5.96. The van der Waals surface area contributed by atoms with Crippen molar-refractivity contribution in [3.05, 3.63) is 35.4 Å². The number of nitrogens with zero attached hydrogens (tertiary/aromatic N) is 1. The molecule has 1 aliphatic heterocycles. The highest BCUT2D eigenvalue weighted by Gasteiger charge is 2.44. The molecule has 0 aromatic heterocycles. The Morgan fingerprint density at radius 3 is 2.40 bits per heavy atom. The number of benzene rings is 1. The summed E-state index contributed by atoms with van der Waals surface area (Å²) in [6.07, 6.45) is -5.61. The van der Waals surface area contributed by atoms with E-state index in [0.29, 0.717) is 0 Å². The van der Waals surface area contributed by atoms with Crippen molar-refractivity contribution in [1.29, 1.82) is 0 Å². The minimum atomic E-state index is -5.10. The lowest BCUT2D eigenvalue weighted by molar-refractivity contribution is -0.235. The Morgan fingerprint density at radius 1 is 1.28 bits per heavy atom. The molecule has 1 saturated heterocycles. The number of hydrogen-bond acceptors (Lipinski definition) is 5. The lowest BCUT2D eigenvalue weighted by Gasteiger charge is -2.22. The number of carbonyl (C=O) groups is 1. The largest absolute Gasteiger partial charge is 0.492 e. The first-order valence-electron chi connectivity index (χ1n) is 7.38. The van der Waals surface area contributed by atoms with E-state index >= 15 is 0 Å². The predicted octanol–water partition coefficient (Wildman–Crippen LogP) is 2.32. The van der Waals surface area contributed by atoms with Gasteiger partial charge in [-0.15, -0.1) is 5.06 Å². The third-order valence-corrected chi connectivity index (χ3v) is 3.96. The Balaban J connectivity index is 2.02. The molecule has 140 valence electrons. The van der Waals surface area contributed by atoms with Gasteiger partial charge in [0.1, 0.15) is 11.6 Å². The number of hydroxylamine groups is 2. The van der Waals surface area contributed by atoms with Crippen LogP contribution in [0.3, 0.4) is 0 Å². The van der Waals surface area contributed by atoms with Gasteiger partial charge in [-0.2, -0.15) is 13.2 Å². The average Bonchev–Trinajstić information content (AvgIpc) is 2.82. The molecule has 1 fully saturated rings. The zero-order chi connectivity index (χ0) is 18.8. The van der Waals surface area contributed by atoms with E-state index in [1.165, 1.54) is 7.11 Å². The zero-order valence-corrected chi connectivity index (χ0v) is 13.2. The lowest BCUT2D eigenvalue weighted by Crippen LogP contribution is -2.35. The number of ether oxygens (including phenoxy) is 1. The average molecular weight is 368 g/mol. The fourth-order valence-corrected chi connectivity index (χ4v) is 2.75. The normalized spacial score (nSPS) is 22.8. The highest BCUT2D eigenvalue weighted by Crippen LogP contribution is 2.31. The molecule has 0 radical (unpaired) electrons. The number of methoxy groups -OCH3 is 1. The summed E-state index contributed by atoms with van der Waals surface area (Å²) in [7, 11) is 1.34. The van der Waals surface area contributed by atoms with Gasteiger partial charge in [-0.1, -0.05) is 0 Å². The van der Waals surface area contributed by atoms with Gasteiger partial charge in [-0.05, 0) is 30.0 Å². The third-order valence-electron chi connectivity index (χ3n) is 3.96. The molecule has 3 atom stereocenters. The van der Waals surface area contributed by atoms with Crippen LogP contribution >= 0.6 is 0 Å². The van der Waals surface area contributed by atoms with Gasteiger partial charge in [0.15, 0.2) is 0 Å². The van der Waals surface area contributed by atoms with E-state index in [2.05, 4.69) is 4.84 Å². The molecule has 0 aliphatic carbocycles. The molecule has 0 amide bonds. The summed E-state index contributed by atoms with van der Waals surface area (Å²) in [4.78, 5) is 15.1. The molecule has 1 aromatic carbocycles. The van der Waals surface area contributed by atoms with Crippen LogP contribution in [0.5, 0.6) is 0 Å². The van der Waals surface area contributed by atoms with Crippen molar-refractivity contribution in [3.63, 3.8) is 0 Å². The van der Waals surface area contributed by atoms with Crippen molar-refractivity contribution in [2.24, 2.45) is 11.7 Å². The quantitative estimate of drug-likeness (QED) is 0.809. The fraction of sp³-hybridized carbons (Fsp3) is 0.533. The zero-order valence-electron chi connectivity index (χ0n) is 13.2. The van der Waals surface area contributed by atoms with E-state index in [-0.39, 0.29) is 25.1 Å². The Labute approximate surface area is 140 Å². The van der Waals surface area contributed by atoms with Crippen LogP contribution in [0.4, 0.5) is 22.0 Å². The van der Waals surface area contributed by atoms with Crippen molar-refractivity contribution < 1.29 is 36.3 Å². The summed E-state index contributed by atoms with van der Waals surface area (Å²) < 4.78 is 68.6.